The Hall–Kier alpha value is -0.280. The van der Waals surface area contributed by atoms with Gasteiger partial charge >= 0.3 is 11.9 Å². The molecule has 10 heteroatoms. The molecule has 0 rings (SSSR count). The molecule has 0 spiro atoms. The highest BCUT2D eigenvalue weighted by Gasteiger charge is 2.28. The van der Waals surface area contributed by atoms with Gasteiger partial charge in [0.05, 0.1) is 13.2 Å². The van der Waals surface area contributed by atoms with Crippen molar-refractivity contribution in [1.82, 2.24) is 10.6 Å². The van der Waals surface area contributed by atoms with Gasteiger partial charge in [-0.25, -0.2) is 0 Å². The average molecular weight is 993 g/mol. The summed E-state index contributed by atoms with van der Waals surface area (Å²) in [6.45, 7) is 5.66. The van der Waals surface area contributed by atoms with Crippen molar-refractivity contribution in [3.05, 3.63) is 24.3 Å². The van der Waals surface area contributed by atoms with Gasteiger partial charge in [0, 0.05) is 39.0 Å². The molecule has 0 aliphatic rings. The minimum Gasteiger partial charge on any atom is -0.457 e. The van der Waals surface area contributed by atoms with E-state index in [1.54, 1.807) is 0 Å². The van der Waals surface area contributed by atoms with Crippen LogP contribution in [0, 0.1) is 0 Å². The van der Waals surface area contributed by atoms with Crippen molar-refractivity contribution in [3.8, 4) is 0 Å². The summed E-state index contributed by atoms with van der Waals surface area (Å²) in [6.07, 6.45) is 39.7. The maximum Gasteiger partial charge on any atom is 0.306 e. The number of hydrogen-bond donors (Lipinski definition) is 4. The predicted molar refractivity (Wildman–Crippen MR) is 249 cm³/mol. The minimum atomic E-state index is -0.688. The van der Waals surface area contributed by atoms with Gasteiger partial charge in [0.2, 0.25) is 0 Å². The smallest absolute Gasteiger partial charge is 0.306 e. The first kappa shape index (κ1) is 58.0. The Kier molecular flexibility index (Phi) is 52.5. The Balaban J connectivity index is -0.0000130. The number of carbonyl (C=O) groups excluding carboxylic acids is 2. The molecule has 2 atom stereocenters. The number of halogens is 2. The number of hydrogen-bond acceptors (Lipinski definition) is 8. The van der Waals surface area contributed by atoms with Crippen molar-refractivity contribution in [1.29, 1.82) is 0 Å². The predicted octanol–water partition coefficient (Wildman–Crippen LogP) is 11.3. The van der Waals surface area contributed by atoms with Crippen LogP contribution in [0.25, 0.3) is 0 Å². The van der Waals surface area contributed by atoms with E-state index in [9.17, 15) is 19.8 Å². The Morgan fingerprint density at radius 1 is 0.463 bits per heavy atom. The third kappa shape index (κ3) is 42.9. The van der Waals surface area contributed by atoms with Crippen molar-refractivity contribution in [3.63, 3.8) is 0 Å². The molecular formula is C44H86I2N2O6. The number of allylic oxidation sites excluding steroid dienone is 4. The van der Waals surface area contributed by atoms with Crippen molar-refractivity contribution in [2.75, 3.05) is 39.4 Å². The van der Waals surface area contributed by atoms with Crippen molar-refractivity contribution in [2.24, 2.45) is 0 Å². The number of ether oxygens (including phenoxy) is 2. The monoisotopic (exact) mass is 992 g/mol. The third-order valence-corrected chi connectivity index (χ3v) is 9.53. The van der Waals surface area contributed by atoms with Crippen LogP contribution in [0.4, 0.5) is 0 Å². The molecule has 0 aromatic rings. The van der Waals surface area contributed by atoms with E-state index in [1.807, 2.05) is 0 Å². The van der Waals surface area contributed by atoms with Crippen molar-refractivity contribution in [2.45, 2.75) is 206 Å². The lowest BCUT2D eigenvalue weighted by atomic mass is 10.1. The fourth-order valence-corrected chi connectivity index (χ4v) is 6.28. The summed E-state index contributed by atoms with van der Waals surface area (Å²) in [6, 6.07) is 0. The molecule has 54 heavy (non-hydrogen) atoms. The van der Waals surface area contributed by atoms with E-state index in [1.165, 1.54) is 103 Å². The van der Waals surface area contributed by atoms with E-state index in [0.717, 1.165) is 64.2 Å². The number of aliphatic hydroxyl groups is 2. The summed E-state index contributed by atoms with van der Waals surface area (Å²) in [5, 5.41) is 24.8. The summed E-state index contributed by atoms with van der Waals surface area (Å²) in [4.78, 5) is 25.7. The maximum atomic E-state index is 12.9. The fraction of sp³-hybridized carbons (Fsp3) is 0.864. The lowest BCUT2D eigenvalue weighted by Gasteiger charge is -2.28. The molecule has 8 nitrogen and oxygen atoms in total. The topological polar surface area (TPSA) is 117 Å². The standard InChI is InChI=1S/C44H84N2O6.2HI/c1-3-5-7-9-11-13-15-17-19-21-23-25-27-29-31-33-43(49)51-41(39-45-35-37-47)42(40-46-36-38-48)52-44(50)34-32-30-28-26-24-22-20-18-16-14-12-10-8-6-4-2;;/h17-20,41-42,45-48H,3-16,21-40H2,1-2H3;2*1H/b19-17-,20-18-;;. The highest BCUT2D eigenvalue weighted by molar-refractivity contribution is 14.0. The van der Waals surface area contributed by atoms with Gasteiger partial charge in [-0.3, -0.25) is 9.59 Å². The first-order valence-corrected chi connectivity index (χ1v) is 21.9. The molecular weight excluding hydrogens is 906 g/mol. The zero-order chi connectivity index (χ0) is 38.0. The molecule has 0 saturated carbocycles. The van der Waals surface area contributed by atoms with Crippen molar-refractivity contribution < 1.29 is 29.3 Å². The van der Waals surface area contributed by atoms with Gasteiger partial charge in [-0.2, -0.15) is 0 Å². The molecule has 0 bridgehead atoms. The molecule has 0 aromatic carbocycles. The van der Waals surface area contributed by atoms with Gasteiger partial charge in [0.1, 0.15) is 0 Å². The molecule has 2 unspecified atom stereocenters. The third-order valence-electron chi connectivity index (χ3n) is 9.53. The minimum absolute atomic E-state index is 0. The van der Waals surface area contributed by atoms with Gasteiger partial charge in [0.15, 0.2) is 12.2 Å². The van der Waals surface area contributed by atoms with Crippen LogP contribution >= 0.6 is 48.0 Å². The average Bonchev–Trinajstić information content (AvgIpc) is 3.14. The number of aliphatic hydroxyl groups excluding tert-OH is 2. The SMILES string of the molecule is CCCCCCCC/C=C\CCCCCCCC(=O)OC(CNCCO)C(CNCCO)OC(=O)CCCCCCC/C=C\CCCCCCCC.I.I. The molecule has 0 amide bonds. The molecule has 4 N–H and O–H groups in total. The lowest BCUT2D eigenvalue weighted by Crippen LogP contribution is -2.48. The normalized spacial score (nSPS) is 12.4. The fourth-order valence-electron chi connectivity index (χ4n) is 6.28. The molecule has 0 aliphatic carbocycles. The van der Waals surface area contributed by atoms with Gasteiger partial charge in [-0.05, 0) is 64.2 Å². The van der Waals surface area contributed by atoms with E-state index in [-0.39, 0.29) is 86.2 Å². The van der Waals surface area contributed by atoms with Crippen molar-refractivity contribution >= 4 is 59.9 Å². The molecule has 322 valence electrons. The second-order valence-electron chi connectivity index (χ2n) is 14.6. The van der Waals surface area contributed by atoms with Gasteiger partial charge in [-0.1, -0.05) is 141 Å². The number of esters is 2. The van der Waals surface area contributed by atoms with Crippen LogP contribution < -0.4 is 10.6 Å². The second-order valence-corrected chi connectivity index (χ2v) is 14.6. The number of unbranched alkanes of at least 4 members (excludes halogenated alkanes) is 22. The van der Waals surface area contributed by atoms with Gasteiger partial charge in [-0.15, -0.1) is 48.0 Å². The van der Waals surface area contributed by atoms with Gasteiger partial charge in [0.25, 0.3) is 0 Å². The first-order valence-electron chi connectivity index (χ1n) is 21.9. The summed E-state index contributed by atoms with van der Waals surface area (Å²) in [7, 11) is 0. The first-order chi connectivity index (χ1) is 25.6. The van der Waals surface area contributed by atoms with Crippen LogP contribution in [0.5, 0.6) is 0 Å². The maximum absolute atomic E-state index is 12.9. The van der Waals surface area contributed by atoms with Crippen LogP contribution in [-0.4, -0.2) is 73.8 Å². The van der Waals surface area contributed by atoms with E-state index >= 15 is 0 Å². The van der Waals surface area contributed by atoms with Crippen LogP contribution in [0.3, 0.4) is 0 Å². The van der Waals surface area contributed by atoms with Crippen LogP contribution in [0.1, 0.15) is 194 Å². The molecule has 0 fully saturated rings. The Bertz CT molecular complexity index is 767. The number of rotatable bonds is 41. The van der Waals surface area contributed by atoms with E-state index < -0.39 is 12.2 Å². The van der Waals surface area contributed by atoms with Crippen LogP contribution in [0.2, 0.25) is 0 Å². The van der Waals surface area contributed by atoms with E-state index in [4.69, 9.17) is 9.47 Å². The molecule has 0 radical (unpaired) electrons. The molecule has 0 aliphatic heterocycles. The number of nitrogens with one attached hydrogen (secondary N) is 2. The lowest BCUT2D eigenvalue weighted by molar-refractivity contribution is -0.167. The highest BCUT2D eigenvalue weighted by Crippen LogP contribution is 2.14. The largest absolute Gasteiger partial charge is 0.457 e. The Morgan fingerprint density at radius 2 is 0.741 bits per heavy atom. The summed E-state index contributed by atoms with van der Waals surface area (Å²) in [5.74, 6) is -0.595. The van der Waals surface area contributed by atoms with E-state index in [2.05, 4.69) is 48.8 Å². The molecule has 0 heterocycles. The summed E-state index contributed by atoms with van der Waals surface area (Å²) < 4.78 is 11.7. The van der Waals surface area contributed by atoms with Crippen LogP contribution in [0.15, 0.2) is 24.3 Å². The quantitative estimate of drug-likeness (QED) is 0.0207. The Morgan fingerprint density at radius 3 is 1.04 bits per heavy atom. The van der Waals surface area contributed by atoms with Crippen LogP contribution in [-0.2, 0) is 19.1 Å². The second kappa shape index (κ2) is 48.9. The highest BCUT2D eigenvalue weighted by atomic mass is 127. The van der Waals surface area contributed by atoms with E-state index in [0.29, 0.717) is 25.9 Å². The van der Waals surface area contributed by atoms with Gasteiger partial charge < -0.3 is 30.3 Å². The summed E-state index contributed by atoms with van der Waals surface area (Å²) >= 11 is 0. The zero-order valence-corrected chi connectivity index (χ0v) is 39.5. The number of carbonyl (C=O) groups is 2. The molecule has 0 aromatic heterocycles. The summed E-state index contributed by atoms with van der Waals surface area (Å²) in [5.41, 5.74) is 0. The molecule has 0 saturated heterocycles. The Labute approximate surface area is 367 Å². The zero-order valence-electron chi connectivity index (χ0n) is 34.8.